The molecule has 0 saturated heterocycles. The molecule has 2 aromatic heterocycles. The van der Waals surface area contributed by atoms with Crippen molar-refractivity contribution in [2.24, 2.45) is 0 Å². The van der Waals surface area contributed by atoms with Crippen molar-refractivity contribution in [3.63, 3.8) is 0 Å². The normalized spacial score (nSPS) is 15.2. The third-order valence-electron chi connectivity index (χ3n) is 4.65. The number of hydrogen-bond acceptors (Lipinski definition) is 2. The highest BCUT2D eigenvalue weighted by atomic mass is 15.1. The molecule has 3 nitrogen and oxygen atoms in total. The molecule has 0 fully saturated rings. The predicted octanol–water partition coefficient (Wildman–Crippen LogP) is 3.38. The lowest BCUT2D eigenvalue weighted by atomic mass is 10.0. The minimum atomic E-state index is 0.861. The van der Waals surface area contributed by atoms with Crippen molar-refractivity contribution in [2.75, 3.05) is 13.6 Å². The Hall–Kier alpha value is -2.13. The molecule has 4 rings (SSSR count). The molecule has 22 heavy (non-hydrogen) atoms. The van der Waals surface area contributed by atoms with E-state index in [4.69, 9.17) is 0 Å². The Labute approximate surface area is 131 Å². The Kier molecular flexibility index (Phi) is 3.23. The van der Waals surface area contributed by atoms with Gasteiger partial charge in [0.1, 0.15) is 0 Å². The summed E-state index contributed by atoms with van der Waals surface area (Å²) in [7, 11) is 2.21. The van der Waals surface area contributed by atoms with Crippen LogP contribution in [0.1, 0.15) is 22.5 Å². The highest BCUT2D eigenvalue weighted by molar-refractivity contribution is 5.86. The number of aromatic nitrogens is 2. The first-order valence-electron chi connectivity index (χ1n) is 7.91. The van der Waals surface area contributed by atoms with E-state index in [9.17, 15) is 0 Å². The van der Waals surface area contributed by atoms with Crippen LogP contribution in [0.15, 0.2) is 42.6 Å². The highest BCUT2D eigenvalue weighted by Gasteiger charge is 2.22. The van der Waals surface area contributed by atoms with Gasteiger partial charge in [-0.1, -0.05) is 17.7 Å². The molecule has 1 aromatic carbocycles. The lowest BCUT2D eigenvalue weighted by molar-refractivity contribution is 0.310. The van der Waals surface area contributed by atoms with Crippen LogP contribution in [0.2, 0.25) is 0 Å². The summed E-state index contributed by atoms with van der Waals surface area (Å²) in [6.07, 6.45) is 3.00. The van der Waals surface area contributed by atoms with Gasteiger partial charge < -0.3 is 9.47 Å². The van der Waals surface area contributed by atoms with E-state index >= 15 is 0 Å². The molecule has 1 aliphatic rings. The van der Waals surface area contributed by atoms with Crippen molar-refractivity contribution in [3.8, 4) is 0 Å². The summed E-state index contributed by atoms with van der Waals surface area (Å²) in [5.74, 6) is 0. The fourth-order valence-electron chi connectivity index (χ4n) is 3.53. The number of benzene rings is 1. The molecule has 0 bridgehead atoms. The van der Waals surface area contributed by atoms with Crippen LogP contribution in [0.3, 0.4) is 0 Å². The third kappa shape index (κ3) is 2.22. The number of likely N-dealkylation sites (N-methyl/N-ethyl adjacent to an activating group) is 1. The first kappa shape index (κ1) is 13.5. The quantitative estimate of drug-likeness (QED) is 0.721. The molecule has 0 amide bonds. The summed E-state index contributed by atoms with van der Waals surface area (Å²) < 4.78 is 2.47. The minimum Gasteiger partial charge on any atom is -0.338 e. The molecule has 0 saturated carbocycles. The first-order valence-corrected chi connectivity index (χ1v) is 7.91. The summed E-state index contributed by atoms with van der Waals surface area (Å²) in [4.78, 5) is 6.92. The second-order valence-corrected chi connectivity index (χ2v) is 6.34. The average Bonchev–Trinajstić information content (AvgIpc) is 2.81. The summed E-state index contributed by atoms with van der Waals surface area (Å²) in [6.45, 7) is 5.21. The van der Waals surface area contributed by atoms with E-state index < -0.39 is 0 Å². The van der Waals surface area contributed by atoms with Gasteiger partial charge in [0, 0.05) is 42.3 Å². The predicted molar refractivity (Wildman–Crippen MR) is 90.1 cm³/mol. The van der Waals surface area contributed by atoms with Gasteiger partial charge >= 0.3 is 0 Å². The topological polar surface area (TPSA) is 21.1 Å². The summed E-state index contributed by atoms with van der Waals surface area (Å²) in [5.41, 5.74) is 6.80. The third-order valence-corrected chi connectivity index (χ3v) is 4.65. The fourth-order valence-corrected chi connectivity index (χ4v) is 3.53. The van der Waals surface area contributed by atoms with E-state index in [1.54, 1.807) is 0 Å². The van der Waals surface area contributed by atoms with Crippen LogP contribution in [-0.4, -0.2) is 28.0 Å². The number of rotatable bonds is 2. The van der Waals surface area contributed by atoms with E-state index in [2.05, 4.69) is 58.8 Å². The zero-order chi connectivity index (χ0) is 15.1. The zero-order valence-electron chi connectivity index (χ0n) is 13.2. The minimum absolute atomic E-state index is 0.861. The van der Waals surface area contributed by atoms with Crippen LogP contribution in [-0.2, 0) is 19.5 Å². The van der Waals surface area contributed by atoms with Gasteiger partial charge in [-0.05, 0) is 43.8 Å². The fraction of sp³-hybridized carbons (Fsp3) is 0.316. The van der Waals surface area contributed by atoms with Crippen molar-refractivity contribution >= 4 is 10.9 Å². The molecule has 0 N–H and O–H groups in total. The van der Waals surface area contributed by atoms with Gasteiger partial charge in [0.15, 0.2) is 0 Å². The SMILES string of the molecule is Cc1ccc2c(c1)c1c(n2Cc2ccccn2)CCN(C)C1. The van der Waals surface area contributed by atoms with Crippen LogP contribution in [0.5, 0.6) is 0 Å². The van der Waals surface area contributed by atoms with Gasteiger partial charge in [-0.15, -0.1) is 0 Å². The maximum atomic E-state index is 4.51. The largest absolute Gasteiger partial charge is 0.338 e. The molecule has 3 aromatic rings. The molecule has 1 aliphatic heterocycles. The van der Waals surface area contributed by atoms with E-state index in [0.717, 1.165) is 31.7 Å². The van der Waals surface area contributed by atoms with Crippen LogP contribution >= 0.6 is 0 Å². The van der Waals surface area contributed by atoms with Crippen LogP contribution in [0.4, 0.5) is 0 Å². The van der Waals surface area contributed by atoms with Gasteiger partial charge in [0.2, 0.25) is 0 Å². The monoisotopic (exact) mass is 291 g/mol. The number of nitrogens with zero attached hydrogens (tertiary/aromatic N) is 3. The van der Waals surface area contributed by atoms with Crippen molar-refractivity contribution in [3.05, 3.63) is 65.1 Å². The summed E-state index contributed by atoms with van der Waals surface area (Å²) >= 11 is 0. The Morgan fingerprint density at radius 2 is 2.09 bits per heavy atom. The molecule has 0 aliphatic carbocycles. The Bertz CT molecular complexity index is 818. The van der Waals surface area contributed by atoms with Gasteiger partial charge in [-0.2, -0.15) is 0 Å². The molecule has 112 valence electrons. The van der Waals surface area contributed by atoms with E-state index in [1.165, 1.54) is 27.7 Å². The van der Waals surface area contributed by atoms with Crippen LogP contribution < -0.4 is 0 Å². The summed E-state index contributed by atoms with van der Waals surface area (Å²) in [5, 5.41) is 1.41. The van der Waals surface area contributed by atoms with Gasteiger partial charge in [-0.25, -0.2) is 0 Å². The van der Waals surface area contributed by atoms with E-state index in [0.29, 0.717) is 0 Å². The lowest BCUT2D eigenvalue weighted by Gasteiger charge is -2.24. The lowest BCUT2D eigenvalue weighted by Crippen LogP contribution is -2.27. The van der Waals surface area contributed by atoms with Crippen molar-refractivity contribution in [1.82, 2.24) is 14.5 Å². The van der Waals surface area contributed by atoms with Gasteiger partial charge in [-0.3, -0.25) is 4.98 Å². The first-order chi connectivity index (χ1) is 10.7. The average molecular weight is 291 g/mol. The Morgan fingerprint density at radius 1 is 1.18 bits per heavy atom. The molecule has 3 heteroatoms. The second-order valence-electron chi connectivity index (χ2n) is 6.34. The molecule has 0 spiro atoms. The maximum absolute atomic E-state index is 4.51. The number of hydrogen-bond donors (Lipinski definition) is 0. The molecule has 3 heterocycles. The standard InChI is InChI=1S/C19H21N3/c1-14-6-7-18-16(11-14)17-13-21(2)10-8-19(17)22(18)12-15-5-3-4-9-20-15/h3-7,9,11H,8,10,12-13H2,1-2H3. The smallest absolute Gasteiger partial charge is 0.0651 e. The Morgan fingerprint density at radius 3 is 2.91 bits per heavy atom. The van der Waals surface area contributed by atoms with Crippen molar-refractivity contribution in [1.29, 1.82) is 0 Å². The van der Waals surface area contributed by atoms with Crippen molar-refractivity contribution < 1.29 is 0 Å². The molecular formula is C19H21N3. The number of pyridine rings is 1. The Balaban J connectivity index is 1.90. The molecule has 0 unspecified atom stereocenters. The van der Waals surface area contributed by atoms with E-state index in [-0.39, 0.29) is 0 Å². The van der Waals surface area contributed by atoms with Gasteiger partial charge in [0.05, 0.1) is 12.2 Å². The zero-order valence-corrected chi connectivity index (χ0v) is 13.2. The number of aryl methyl sites for hydroxylation is 1. The van der Waals surface area contributed by atoms with Crippen molar-refractivity contribution in [2.45, 2.75) is 26.4 Å². The highest BCUT2D eigenvalue weighted by Crippen LogP contribution is 2.31. The summed E-state index contributed by atoms with van der Waals surface area (Å²) in [6, 6.07) is 13.0. The number of fused-ring (bicyclic) bond motifs is 3. The van der Waals surface area contributed by atoms with Crippen LogP contribution in [0, 0.1) is 6.92 Å². The van der Waals surface area contributed by atoms with E-state index in [1.807, 2.05) is 12.3 Å². The molecule has 0 atom stereocenters. The second kappa shape index (κ2) is 5.25. The molecular weight excluding hydrogens is 270 g/mol. The van der Waals surface area contributed by atoms with Crippen LogP contribution in [0.25, 0.3) is 10.9 Å². The maximum Gasteiger partial charge on any atom is 0.0651 e. The molecule has 0 radical (unpaired) electrons. The van der Waals surface area contributed by atoms with Gasteiger partial charge in [0.25, 0.3) is 0 Å².